The average Bonchev–Trinajstić information content (AvgIpc) is 3.08. The highest BCUT2D eigenvalue weighted by Gasteiger charge is 2.43. The number of halogens is 4. The zero-order chi connectivity index (χ0) is 18.5. The van der Waals surface area contributed by atoms with E-state index in [0.717, 1.165) is 0 Å². The van der Waals surface area contributed by atoms with Gasteiger partial charge in [0.05, 0.1) is 23.2 Å². The predicted molar refractivity (Wildman–Crippen MR) is 83.7 cm³/mol. The molecule has 4 rings (SSSR count). The van der Waals surface area contributed by atoms with E-state index >= 15 is 0 Å². The van der Waals surface area contributed by atoms with Gasteiger partial charge in [0.1, 0.15) is 18.4 Å². The maximum absolute atomic E-state index is 13.1. The van der Waals surface area contributed by atoms with Crippen molar-refractivity contribution >= 4 is 11.6 Å². The van der Waals surface area contributed by atoms with Crippen molar-refractivity contribution in [2.45, 2.75) is 12.2 Å². The number of carbonyl (C=O) groups is 1. The molecule has 2 aliphatic rings. The minimum atomic E-state index is -4.58. The van der Waals surface area contributed by atoms with Crippen LogP contribution in [0.3, 0.4) is 0 Å². The van der Waals surface area contributed by atoms with Crippen LogP contribution in [0.2, 0.25) is 0 Å². The summed E-state index contributed by atoms with van der Waals surface area (Å²) in [7, 11) is 0. The molecular formula is C17H10F4N4O. The molecule has 2 aromatic rings. The fraction of sp³-hybridized carbons (Fsp3) is 0.176. The van der Waals surface area contributed by atoms with Crippen LogP contribution in [0.25, 0.3) is 11.3 Å². The molecule has 132 valence electrons. The van der Waals surface area contributed by atoms with Crippen molar-refractivity contribution < 1.29 is 22.4 Å². The summed E-state index contributed by atoms with van der Waals surface area (Å²) in [4.78, 5) is 17.4. The molecule has 0 spiro atoms. The van der Waals surface area contributed by atoms with Gasteiger partial charge < -0.3 is 0 Å². The molecule has 3 heterocycles. The summed E-state index contributed by atoms with van der Waals surface area (Å²) in [6.07, 6.45) is -2.02. The minimum absolute atomic E-state index is 0.0737. The van der Waals surface area contributed by atoms with Crippen LogP contribution in [0.4, 0.5) is 23.2 Å². The average molecular weight is 362 g/mol. The Balaban J connectivity index is 1.84. The highest BCUT2D eigenvalue weighted by molar-refractivity contribution is 6.10. The number of azo groups is 1. The molecule has 1 aromatic carbocycles. The van der Waals surface area contributed by atoms with Gasteiger partial charge in [0.25, 0.3) is 5.91 Å². The van der Waals surface area contributed by atoms with Crippen molar-refractivity contribution in [3.05, 3.63) is 59.7 Å². The van der Waals surface area contributed by atoms with Gasteiger partial charge in [0.15, 0.2) is 0 Å². The monoisotopic (exact) mass is 362 g/mol. The number of benzene rings is 1. The molecule has 0 N–H and O–H groups in total. The lowest BCUT2D eigenvalue weighted by molar-refractivity contribution is -0.130. The third-order valence-corrected chi connectivity index (χ3v) is 4.14. The number of anilines is 1. The molecular weight excluding hydrogens is 352 g/mol. The molecule has 2 aliphatic heterocycles. The van der Waals surface area contributed by atoms with E-state index in [0.29, 0.717) is 21.7 Å². The smallest absolute Gasteiger partial charge is 0.299 e. The fourth-order valence-corrected chi connectivity index (χ4v) is 2.98. The number of amides is 1. The molecule has 0 bridgehead atoms. The second-order valence-corrected chi connectivity index (χ2v) is 5.86. The van der Waals surface area contributed by atoms with Crippen molar-refractivity contribution in [3.8, 4) is 11.3 Å². The second kappa shape index (κ2) is 5.72. The Morgan fingerprint density at radius 2 is 1.88 bits per heavy atom. The Morgan fingerprint density at radius 1 is 1.15 bits per heavy atom. The van der Waals surface area contributed by atoms with Gasteiger partial charge in [-0.3, -0.25) is 14.7 Å². The number of hydrogen-bond donors (Lipinski definition) is 0. The molecule has 1 aromatic heterocycles. The molecule has 0 aliphatic carbocycles. The van der Waals surface area contributed by atoms with E-state index in [-0.39, 0.29) is 11.3 Å². The van der Waals surface area contributed by atoms with E-state index in [2.05, 4.69) is 15.2 Å². The van der Waals surface area contributed by atoms with Gasteiger partial charge in [-0.1, -0.05) is 0 Å². The Bertz CT molecular complexity index is 950. The second-order valence-electron chi connectivity index (χ2n) is 5.86. The number of nitrogens with zero attached hydrogens (tertiary/aromatic N) is 4. The van der Waals surface area contributed by atoms with Crippen molar-refractivity contribution in [2.24, 2.45) is 10.2 Å². The van der Waals surface area contributed by atoms with Crippen molar-refractivity contribution in [2.75, 3.05) is 11.4 Å². The van der Waals surface area contributed by atoms with Crippen LogP contribution in [0.15, 0.2) is 58.5 Å². The summed E-state index contributed by atoms with van der Waals surface area (Å²) in [6, 6.07) is 6.00. The molecule has 0 radical (unpaired) electrons. The topological polar surface area (TPSA) is 57.9 Å². The van der Waals surface area contributed by atoms with Gasteiger partial charge in [0, 0.05) is 17.3 Å². The molecule has 5 nitrogen and oxygen atoms in total. The Kier molecular flexibility index (Phi) is 3.60. The Morgan fingerprint density at radius 3 is 2.58 bits per heavy atom. The van der Waals surface area contributed by atoms with E-state index in [4.69, 9.17) is 0 Å². The van der Waals surface area contributed by atoms with Crippen LogP contribution < -0.4 is 4.90 Å². The first-order chi connectivity index (χ1) is 12.3. The van der Waals surface area contributed by atoms with Gasteiger partial charge in [-0.25, -0.2) is 4.39 Å². The number of fused-ring (bicyclic) bond motifs is 3. The maximum atomic E-state index is 13.1. The highest BCUT2D eigenvalue weighted by Crippen LogP contribution is 2.44. The maximum Gasteiger partial charge on any atom is 0.406 e. The van der Waals surface area contributed by atoms with Gasteiger partial charge >= 0.3 is 6.18 Å². The first-order valence-corrected chi connectivity index (χ1v) is 7.58. The Labute approximate surface area is 144 Å². The van der Waals surface area contributed by atoms with Gasteiger partial charge in [0.2, 0.25) is 0 Å². The first-order valence-electron chi connectivity index (χ1n) is 7.58. The normalized spacial score (nSPS) is 18.6. The van der Waals surface area contributed by atoms with Crippen molar-refractivity contribution in [3.63, 3.8) is 0 Å². The van der Waals surface area contributed by atoms with Gasteiger partial charge in [-0.15, -0.1) is 0 Å². The summed E-state index contributed by atoms with van der Waals surface area (Å²) < 4.78 is 52.1. The van der Waals surface area contributed by atoms with Crippen LogP contribution in [0.5, 0.6) is 0 Å². The third-order valence-electron chi connectivity index (χ3n) is 4.14. The lowest BCUT2D eigenvalue weighted by atomic mass is 9.93. The van der Waals surface area contributed by atoms with Crippen molar-refractivity contribution in [1.29, 1.82) is 0 Å². The zero-order valence-corrected chi connectivity index (χ0v) is 13.0. The van der Waals surface area contributed by atoms with E-state index in [1.165, 1.54) is 42.7 Å². The van der Waals surface area contributed by atoms with Crippen LogP contribution in [-0.4, -0.2) is 23.6 Å². The molecule has 1 atom stereocenters. The molecule has 0 fully saturated rings. The summed E-state index contributed by atoms with van der Waals surface area (Å²) >= 11 is 0. The van der Waals surface area contributed by atoms with Crippen LogP contribution in [0, 0.1) is 5.82 Å². The number of pyridine rings is 1. The van der Waals surface area contributed by atoms with E-state index < -0.39 is 30.5 Å². The highest BCUT2D eigenvalue weighted by atomic mass is 19.4. The standard InChI is InChI=1S/C17H10F4N4O/c18-10-3-1-9(2-4-10)13-5-14-11(6-22-13)15-12(7-23-24-15)16(26)25(14)8-17(19,20)21/h1-7,15H,8H2. The van der Waals surface area contributed by atoms with E-state index in [9.17, 15) is 22.4 Å². The molecule has 1 amide bonds. The Hall–Kier alpha value is -3.10. The SMILES string of the molecule is O=C1C2=CN=NC2c2cnc(-c3ccc(F)cc3)cc2N1CC(F)(F)F. The molecule has 0 saturated carbocycles. The number of carbonyl (C=O) groups excluding carboxylic acids is 1. The minimum Gasteiger partial charge on any atom is -0.299 e. The lowest BCUT2D eigenvalue weighted by Gasteiger charge is -2.32. The van der Waals surface area contributed by atoms with Crippen LogP contribution >= 0.6 is 0 Å². The summed E-state index contributed by atoms with van der Waals surface area (Å²) in [5.41, 5.74) is 1.36. The predicted octanol–water partition coefficient (Wildman–Crippen LogP) is 4.19. The zero-order valence-electron chi connectivity index (χ0n) is 13.0. The number of hydrogen-bond acceptors (Lipinski definition) is 4. The van der Waals surface area contributed by atoms with Crippen molar-refractivity contribution in [1.82, 2.24) is 4.98 Å². The van der Waals surface area contributed by atoms with E-state index in [1.54, 1.807) is 0 Å². The lowest BCUT2D eigenvalue weighted by Crippen LogP contribution is -2.43. The summed E-state index contributed by atoms with van der Waals surface area (Å²) in [5.74, 6) is -1.23. The third kappa shape index (κ3) is 2.75. The summed E-state index contributed by atoms with van der Waals surface area (Å²) in [6.45, 7) is -1.43. The van der Waals surface area contributed by atoms with Gasteiger partial charge in [-0.05, 0) is 30.3 Å². The molecule has 1 unspecified atom stereocenters. The summed E-state index contributed by atoms with van der Waals surface area (Å²) in [5, 5.41) is 7.57. The fourth-order valence-electron chi connectivity index (χ4n) is 2.98. The van der Waals surface area contributed by atoms with Crippen LogP contribution in [0.1, 0.15) is 11.6 Å². The molecule has 26 heavy (non-hydrogen) atoms. The molecule has 9 heteroatoms. The van der Waals surface area contributed by atoms with E-state index in [1.807, 2.05) is 0 Å². The van der Waals surface area contributed by atoms with Crippen LogP contribution in [-0.2, 0) is 4.79 Å². The largest absolute Gasteiger partial charge is 0.406 e. The number of aromatic nitrogens is 1. The first kappa shape index (κ1) is 16.4. The number of alkyl halides is 3. The number of rotatable bonds is 2. The van der Waals surface area contributed by atoms with Gasteiger partial charge in [-0.2, -0.15) is 23.4 Å². The molecule has 0 saturated heterocycles. The quantitative estimate of drug-likeness (QED) is 0.753.